The fraction of sp³-hybridized carbons (Fsp3) is 0.571. The lowest BCUT2D eigenvalue weighted by Crippen LogP contribution is -2.45. The molecule has 18 heavy (non-hydrogen) atoms. The molecule has 1 unspecified atom stereocenters. The van der Waals surface area contributed by atoms with Gasteiger partial charge in [-0.15, -0.1) is 0 Å². The van der Waals surface area contributed by atoms with Gasteiger partial charge in [-0.1, -0.05) is 36.8 Å². The number of aryl methyl sites for hydroxylation is 1. The molecule has 0 saturated carbocycles. The first-order valence-electron chi connectivity index (χ1n) is 6.19. The van der Waals surface area contributed by atoms with E-state index in [1.165, 1.54) is 6.26 Å². The molecule has 0 spiro atoms. The predicted molar refractivity (Wildman–Crippen MR) is 76.5 cm³/mol. The van der Waals surface area contributed by atoms with Crippen LogP contribution in [0.4, 0.5) is 0 Å². The second-order valence-corrected chi connectivity index (χ2v) is 7.88. The Balaban J connectivity index is 3.27. The normalized spacial score (nSPS) is 14.5. The first-order valence-corrected chi connectivity index (χ1v) is 8.09. The third-order valence-electron chi connectivity index (χ3n) is 3.43. The van der Waals surface area contributed by atoms with E-state index in [-0.39, 0.29) is 6.04 Å². The lowest BCUT2D eigenvalue weighted by molar-refractivity contribution is 0.428. The van der Waals surface area contributed by atoms with Crippen molar-refractivity contribution < 1.29 is 8.42 Å². The van der Waals surface area contributed by atoms with Gasteiger partial charge in [-0.2, -0.15) is 0 Å². The molecule has 0 aliphatic heterocycles. The van der Waals surface area contributed by atoms with Crippen LogP contribution in [0.1, 0.15) is 37.9 Å². The molecule has 102 valence electrons. The van der Waals surface area contributed by atoms with Crippen LogP contribution in [0.5, 0.6) is 0 Å². The van der Waals surface area contributed by atoms with Gasteiger partial charge in [-0.3, -0.25) is 0 Å². The molecule has 1 N–H and O–H groups in total. The third kappa shape index (κ3) is 3.12. The Kier molecular flexibility index (Phi) is 4.56. The van der Waals surface area contributed by atoms with Gasteiger partial charge in [0, 0.05) is 6.26 Å². The van der Waals surface area contributed by atoms with Crippen LogP contribution in [0.2, 0.25) is 0 Å². The zero-order valence-electron chi connectivity index (χ0n) is 11.8. The molecule has 3 nitrogen and oxygen atoms in total. The number of hydrogen-bond donors (Lipinski definition) is 1. The lowest BCUT2D eigenvalue weighted by Gasteiger charge is -2.33. The molecule has 0 amide bonds. The Hall–Kier alpha value is -0.870. The highest BCUT2D eigenvalue weighted by Gasteiger charge is 2.39. The van der Waals surface area contributed by atoms with Crippen molar-refractivity contribution in [3.05, 3.63) is 35.4 Å². The Morgan fingerprint density at radius 1 is 1.33 bits per heavy atom. The molecule has 0 heterocycles. The highest BCUT2D eigenvalue weighted by atomic mass is 32.2. The molecule has 1 aromatic carbocycles. The summed E-state index contributed by atoms with van der Waals surface area (Å²) in [6.45, 7) is 8.29. The second kappa shape index (κ2) is 5.41. The molecule has 0 aliphatic carbocycles. The smallest absolute Gasteiger partial charge is 0.154 e. The number of hydrogen-bond acceptors (Lipinski definition) is 3. The average molecular weight is 269 g/mol. The number of rotatable bonds is 5. The molecule has 0 fully saturated rings. The van der Waals surface area contributed by atoms with Gasteiger partial charge in [0.1, 0.15) is 0 Å². The largest absolute Gasteiger partial charge is 0.309 e. The van der Waals surface area contributed by atoms with Crippen LogP contribution in [-0.4, -0.2) is 26.0 Å². The molecular weight excluding hydrogens is 246 g/mol. The molecular formula is C14H23NO2S. The Morgan fingerprint density at radius 3 is 2.39 bits per heavy atom. The molecule has 0 bridgehead atoms. The van der Waals surface area contributed by atoms with Crippen LogP contribution in [0.3, 0.4) is 0 Å². The van der Waals surface area contributed by atoms with Gasteiger partial charge in [0.25, 0.3) is 0 Å². The van der Waals surface area contributed by atoms with Crippen LogP contribution in [0.25, 0.3) is 0 Å². The van der Waals surface area contributed by atoms with Gasteiger partial charge < -0.3 is 5.32 Å². The molecule has 1 aromatic rings. The summed E-state index contributed by atoms with van der Waals surface area (Å²) in [4.78, 5) is 0. The first-order chi connectivity index (χ1) is 8.20. The van der Waals surface area contributed by atoms with E-state index in [1.807, 2.05) is 38.1 Å². The van der Waals surface area contributed by atoms with E-state index in [0.717, 1.165) is 17.7 Å². The van der Waals surface area contributed by atoms with Gasteiger partial charge >= 0.3 is 0 Å². The molecule has 0 aromatic heterocycles. The Labute approximate surface area is 111 Å². The topological polar surface area (TPSA) is 46.2 Å². The summed E-state index contributed by atoms with van der Waals surface area (Å²) in [5, 5.41) is 3.29. The van der Waals surface area contributed by atoms with E-state index in [1.54, 1.807) is 13.8 Å². The summed E-state index contributed by atoms with van der Waals surface area (Å²) in [6, 6.07) is 7.80. The summed E-state index contributed by atoms with van der Waals surface area (Å²) in [7, 11) is -3.15. The summed E-state index contributed by atoms with van der Waals surface area (Å²) >= 11 is 0. The first kappa shape index (κ1) is 15.2. The van der Waals surface area contributed by atoms with Crippen LogP contribution in [0, 0.1) is 6.92 Å². The van der Waals surface area contributed by atoms with Crippen LogP contribution in [0.15, 0.2) is 24.3 Å². The van der Waals surface area contributed by atoms with Crippen LogP contribution >= 0.6 is 0 Å². The Bertz CT molecular complexity index is 506. The maximum atomic E-state index is 12.0. The standard InChI is InChI=1S/C14H23NO2S/c1-6-15-13(14(3,4)18(5,16)17)12-9-7-8-11(2)10-12/h7-10,13,15H,6H2,1-5H3. The van der Waals surface area contributed by atoms with E-state index in [4.69, 9.17) is 0 Å². The van der Waals surface area contributed by atoms with E-state index in [9.17, 15) is 8.42 Å². The van der Waals surface area contributed by atoms with Crippen molar-refractivity contribution in [2.75, 3.05) is 12.8 Å². The second-order valence-electron chi connectivity index (χ2n) is 5.28. The molecule has 4 heteroatoms. The number of benzene rings is 1. The minimum absolute atomic E-state index is 0.197. The van der Waals surface area contributed by atoms with Crippen molar-refractivity contribution in [1.29, 1.82) is 0 Å². The van der Waals surface area contributed by atoms with E-state index in [2.05, 4.69) is 5.32 Å². The SMILES string of the molecule is CCNC(c1cccc(C)c1)C(C)(C)S(C)(=O)=O. The lowest BCUT2D eigenvalue weighted by atomic mass is 9.94. The minimum atomic E-state index is -3.15. The van der Waals surface area contributed by atoms with Gasteiger partial charge in [0.05, 0.1) is 10.8 Å². The van der Waals surface area contributed by atoms with E-state index < -0.39 is 14.6 Å². The summed E-state index contributed by atoms with van der Waals surface area (Å²) < 4.78 is 23.1. The van der Waals surface area contributed by atoms with Crippen molar-refractivity contribution in [3.63, 3.8) is 0 Å². The summed E-state index contributed by atoms with van der Waals surface area (Å²) in [5.41, 5.74) is 2.16. The quantitative estimate of drug-likeness (QED) is 0.893. The fourth-order valence-electron chi connectivity index (χ4n) is 2.03. The summed E-state index contributed by atoms with van der Waals surface area (Å²) in [6.07, 6.45) is 1.30. The van der Waals surface area contributed by atoms with Gasteiger partial charge in [-0.05, 0) is 32.9 Å². The molecule has 0 saturated heterocycles. The maximum Gasteiger partial charge on any atom is 0.154 e. The molecule has 0 aliphatic rings. The minimum Gasteiger partial charge on any atom is -0.309 e. The molecule has 1 rings (SSSR count). The van der Waals surface area contributed by atoms with Crippen molar-refractivity contribution in [3.8, 4) is 0 Å². The van der Waals surface area contributed by atoms with Gasteiger partial charge in [0.2, 0.25) is 0 Å². The molecule has 1 atom stereocenters. The van der Waals surface area contributed by atoms with Crippen LogP contribution in [-0.2, 0) is 9.84 Å². The van der Waals surface area contributed by atoms with E-state index >= 15 is 0 Å². The Morgan fingerprint density at radius 2 is 1.94 bits per heavy atom. The monoisotopic (exact) mass is 269 g/mol. The third-order valence-corrected chi connectivity index (χ3v) is 5.58. The highest BCUT2D eigenvalue weighted by Crippen LogP contribution is 2.32. The predicted octanol–water partition coefficient (Wildman–Crippen LogP) is 2.47. The van der Waals surface area contributed by atoms with Gasteiger partial charge in [0.15, 0.2) is 9.84 Å². The number of sulfone groups is 1. The van der Waals surface area contributed by atoms with Gasteiger partial charge in [-0.25, -0.2) is 8.42 Å². The van der Waals surface area contributed by atoms with Crippen molar-refractivity contribution in [2.45, 2.75) is 38.5 Å². The molecule has 0 radical (unpaired) electrons. The fourth-order valence-corrected chi connectivity index (χ4v) is 2.68. The average Bonchev–Trinajstić information content (AvgIpc) is 2.24. The number of nitrogens with one attached hydrogen (secondary N) is 1. The highest BCUT2D eigenvalue weighted by molar-refractivity contribution is 7.92. The zero-order chi connectivity index (χ0) is 14.0. The summed E-state index contributed by atoms with van der Waals surface area (Å²) in [5.74, 6) is 0. The van der Waals surface area contributed by atoms with Crippen LogP contribution < -0.4 is 5.32 Å². The maximum absolute atomic E-state index is 12.0. The van der Waals surface area contributed by atoms with Crippen molar-refractivity contribution >= 4 is 9.84 Å². The van der Waals surface area contributed by atoms with Crippen molar-refractivity contribution in [1.82, 2.24) is 5.32 Å². The van der Waals surface area contributed by atoms with E-state index in [0.29, 0.717) is 0 Å². The zero-order valence-corrected chi connectivity index (χ0v) is 12.6. The van der Waals surface area contributed by atoms with Crippen molar-refractivity contribution in [2.24, 2.45) is 0 Å².